The van der Waals surface area contributed by atoms with Crippen LogP contribution in [0.2, 0.25) is 0 Å². The van der Waals surface area contributed by atoms with Crippen LogP contribution >= 0.6 is 0 Å². The smallest absolute Gasteiger partial charge is 0.339 e. The molecule has 2 heterocycles. The van der Waals surface area contributed by atoms with Gasteiger partial charge in [0.2, 0.25) is 5.75 Å². The van der Waals surface area contributed by atoms with Crippen molar-refractivity contribution in [2.75, 3.05) is 20.8 Å². The van der Waals surface area contributed by atoms with E-state index in [2.05, 4.69) is 0 Å². The van der Waals surface area contributed by atoms with Crippen LogP contribution in [0.5, 0.6) is 28.7 Å². The summed E-state index contributed by atoms with van der Waals surface area (Å²) in [6.45, 7) is -0.511. The highest BCUT2D eigenvalue weighted by atomic mass is 16.6. The summed E-state index contributed by atoms with van der Waals surface area (Å²) in [5.41, 5.74) is -0.276. The molecular formula is C22H22O12. The van der Waals surface area contributed by atoms with Gasteiger partial charge in [-0.1, -0.05) is 0 Å². The third kappa shape index (κ3) is 3.81. The Morgan fingerprint density at radius 2 is 1.76 bits per heavy atom. The number of methoxy groups -OCH3 is 2. The van der Waals surface area contributed by atoms with E-state index in [4.69, 9.17) is 23.7 Å². The molecule has 2 aromatic carbocycles. The number of aliphatic hydroxyl groups excluding tert-OH is 2. The van der Waals surface area contributed by atoms with Gasteiger partial charge in [-0.2, -0.15) is 0 Å². The third-order valence-corrected chi connectivity index (χ3v) is 5.71. The van der Waals surface area contributed by atoms with Crippen molar-refractivity contribution in [2.24, 2.45) is 0 Å². The van der Waals surface area contributed by atoms with Crippen LogP contribution in [-0.4, -0.2) is 82.7 Å². The Morgan fingerprint density at radius 1 is 1.03 bits per heavy atom. The SMILES string of the molecule is COc1cc(C(=O)OC[C@H]2OC3c4c(cc(O)c(OC)c4O)C(=O)OC3[C@@H](O)[C@@H]2O)ccc1O. The molecule has 1 saturated heterocycles. The lowest BCUT2D eigenvalue weighted by atomic mass is 9.86. The maximum absolute atomic E-state index is 12.4. The molecule has 12 nitrogen and oxygen atoms in total. The standard InChI is InChI=1S/C22H22O12/c1-30-12-5-8(3-4-10(12)23)21(28)32-7-13-15(25)17(27)20-19(33-13)14-9(22(29)34-20)6-11(24)18(31-2)16(14)26/h3-6,13,15,17,19-20,23-27H,7H2,1-2H3/t13-,15-,17+,19?,20?/m1/s1. The summed E-state index contributed by atoms with van der Waals surface area (Å²) in [5, 5.41) is 51.4. The molecule has 5 N–H and O–H groups in total. The van der Waals surface area contributed by atoms with Crippen LogP contribution in [0.3, 0.4) is 0 Å². The summed E-state index contributed by atoms with van der Waals surface area (Å²) in [6.07, 6.45) is -7.18. The quantitative estimate of drug-likeness (QED) is 0.373. The zero-order valence-electron chi connectivity index (χ0n) is 18.0. The minimum absolute atomic E-state index is 0.0492. The van der Waals surface area contributed by atoms with Gasteiger partial charge in [-0.15, -0.1) is 0 Å². The van der Waals surface area contributed by atoms with Crippen LogP contribution in [0, 0.1) is 0 Å². The van der Waals surface area contributed by atoms with E-state index in [1.807, 2.05) is 0 Å². The summed E-state index contributed by atoms with van der Waals surface area (Å²) in [6, 6.07) is 4.83. The van der Waals surface area contributed by atoms with Crippen LogP contribution in [0.15, 0.2) is 24.3 Å². The fourth-order valence-electron chi connectivity index (χ4n) is 3.98. The molecule has 12 heteroatoms. The summed E-state index contributed by atoms with van der Waals surface area (Å²) in [7, 11) is 2.51. The maximum Gasteiger partial charge on any atom is 0.339 e. The molecule has 2 unspecified atom stereocenters. The second-order valence-corrected chi connectivity index (χ2v) is 7.67. The molecule has 5 atom stereocenters. The molecule has 0 aliphatic carbocycles. The number of aliphatic hydroxyl groups is 2. The summed E-state index contributed by atoms with van der Waals surface area (Å²) >= 11 is 0. The number of esters is 2. The molecule has 0 saturated carbocycles. The molecule has 0 aromatic heterocycles. The summed E-state index contributed by atoms with van der Waals surface area (Å²) in [4.78, 5) is 24.8. The summed E-state index contributed by atoms with van der Waals surface area (Å²) in [5.74, 6) is -3.33. The predicted molar refractivity (Wildman–Crippen MR) is 110 cm³/mol. The van der Waals surface area contributed by atoms with Crippen molar-refractivity contribution >= 4 is 11.9 Å². The molecule has 182 valence electrons. The van der Waals surface area contributed by atoms with Gasteiger partial charge in [0.15, 0.2) is 29.1 Å². The number of carbonyl (C=O) groups is 2. The van der Waals surface area contributed by atoms with E-state index >= 15 is 0 Å². The molecule has 2 aliphatic heterocycles. The van der Waals surface area contributed by atoms with Gasteiger partial charge in [-0.05, 0) is 24.3 Å². The number of benzene rings is 2. The Bertz CT molecular complexity index is 1130. The second kappa shape index (κ2) is 8.89. The van der Waals surface area contributed by atoms with Crippen molar-refractivity contribution in [1.82, 2.24) is 0 Å². The van der Waals surface area contributed by atoms with Crippen LogP contribution < -0.4 is 9.47 Å². The first kappa shape index (κ1) is 23.4. The Labute approximate surface area is 192 Å². The first-order valence-corrected chi connectivity index (χ1v) is 10.1. The Hall–Kier alpha value is -3.74. The number of ether oxygens (including phenoxy) is 5. The Morgan fingerprint density at radius 3 is 2.44 bits per heavy atom. The highest BCUT2D eigenvalue weighted by Gasteiger charge is 2.52. The number of hydrogen-bond donors (Lipinski definition) is 5. The minimum Gasteiger partial charge on any atom is -0.504 e. The Balaban J connectivity index is 1.59. The molecule has 2 aromatic rings. The number of phenols is 3. The zero-order chi connectivity index (χ0) is 24.7. The lowest BCUT2D eigenvalue weighted by Crippen LogP contribution is -2.58. The van der Waals surface area contributed by atoms with Crippen molar-refractivity contribution < 1.29 is 58.8 Å². The van der Waals surface area contributed by atoms with Gasteiger partial charge >= 0.3 is 11.9 Å². The van der Waals surface area contributed by atoms with E-state index in [0.29, 0.717) is 0 Å². The van der Waals surface area contributed by atoms with Crippen molar-refractivity contribution in [1.29, 1.82) is 0 Å². The molecule has 0 spiro atoms. The number of aromatic hydroxyl groups is 3. The first-order chi connectivity index (χ1) is 16.2. The largest absolute Gasteiger partial charge is 0.504 e. The lowest BCUT2D eigenvalue weighted by Gasteiger charge is -2.44. The van der Waals surface area contributed by atoms with Gasteiger partial charge in [0.25, 0.3) is 0 Å². The van der Waals surface area contributed by atoms with Crippen LogP contribution in [-0.2, 0) is 14.2 Å². The average molecular weight is 478 g/mol. The molecule has 0 bridgehead atoms. The van der Waals surface area contributed by atoms with Crippen molar-refractivity contribution in [2.45, 2.75) is 30.5 Å². The van der Waals surface area contributed by atoms with Crippen LogP contribution in [0.1, 0.15) is 32.4 Å². The molecule has 34 heavy (non-hydrogen) atoms. The number of rotatable bonds is 5. The van der Waals surface area contributed by atoms with Gasteiger partial charge < -0.3 is 49.2 Å². The number of fused-ring (bicyclic) bond motifs is 3. The third-order valence-electron chi connectivity index (χ3n) is 5.71. The van der Waals surface area contributed by atoms with Crippen molar-refractivity contribution in [3.8, 4) is 28.7 Å². The van der Waals surface area contributed by atoms with Crippen LogP contribution in [0.4, 0.5) is 0 Å². The molecule has 1 fully saturated rings. The van der Waals surface area contributed by atoms with Gasteiger partial charge in [-0.3, -0.25) is 0 Å². The molecule has 0 radical (unpaired) electrons. The zero-order valence-corrected chi connectivity index (χ0v) is 18.0. The van der Waals surface area contributed by atoms with Gasteiger partial charge in [-0.25, -0.2) is 9.59 Å². The van der Waals surface area contributed by atoms with Gasteiger partial charge in [0.1, 0.15) is 31.0 Å². The summed E-state index contributed by atoms with van der Waals surface area (Å²) < 4.78 is 26.1. The van der Waals surface area contributed by atoms with Crippen LogP contribution in [0.25, 0.3) is 0 Å². The lowest BCUT2D eigenvalue weighted by molar-refractivity contribution is -0.235. The van der Waals surface area contributed by atoms with Crippen molar-refractivity contribution in [3.05, 3.63) is 41.0 Å². The predicted octanol–water partition coefficient (Wildman–Crippen LogP) is 0.378. The fourth-order valence-corrected chi connectivity index (χ4v) is 3.98. The average Bonchev–Trinajstić information content (AvgIpc) is 2.81. The van der Waals surface area contributed by atoms with Gasteiger partial charge in [0, 0.05) is 5.56 Å². The van der Waals surface area contributed by atoms with Crippen molar-refractivity contribution in [3.63, 3.8) is 0 Å². The highest BCUT2D eigenvalue weighted by molar-refractivity contribution is 5.95. The van der Waals surface area contributed by atoms with E-state index in [9.17, 15) is 35.1 Å². The molecular weight excluding hydrogens is 456 g/mol. The van der Waals surface area contributed by atoms with E-state index in [1.165, 1.54) is 32.4 Å². The number of hydrogen-bond acceptors (Lipinski definition) is 12. The normalized spacial score (nSPS) is 25.5. The monoisotopic (exact) mass is 478 g/mol. The van der Waals surface area contributed by atoms with E-state index in [0.717, 1.165) is 6.07 Å². The van der Waals surface area contributed by atoms with E-state index < -0.39 is 60.6 Å². The maximum atomic E-state index is 12.4. The van der Waals surface area contributed by atoms with E-state index in [1.54, 1.807) is 0 Å². The van der Waals surface area contributed by atoms with Gasteiger partial charge in [0.05, 0.1) is 25.3 Å². The number of phenolic OH excluding ortho intramolecular Hbond substituents is 3. The number of carbonyl (C=O) groups excluding carboxylic acids is 2. The second-order valence-electron chi connectivity index (χ2n) is 7.67. The molecule has 4 rings (SSSR count). The fraction of sp³-hybridized carbons (Fsp3) is 0.364. The first-order valence-electron chi connectivity index (χ1n) is 10.1. The molecule has 2 aliphatic rings. The molecule has 0 amide bonds. The highest BCUT2D eigenvalue weighted by Crippen LogP contribution is 2.49. The Kier molecular flexibility index (Phi) is 6.13. The topological polar surface area (TPSA) is 181 Å². The van der Waals surface area contributed by atoms with E-state index in [-0.39, 0.29) is 33.9 Å². The minimum atomic E-state index is -1.65.